The largest absolute Gasteiger partial charge is 0.415 e. The third kappa shape index (κ3) is 3.11. The van der Waals surface area contributed by atoms with Gasteiger partial charge < -0.3 is 4.42 Å². The van der Waals surface area contributed by atoms with Crippen molar-refractivity contribution in [1.29, 1.82) is 0 Å². The number of aromatic nitrogens is 4. The first-order valence-corrected chi connectivity index (χ1v) is 8.53. The highest BCUT2D eigenvalue weighted by Gasteiger charge is 2.14. The lowest BCUT2D eigenvalue weighted by molar-refractivity contribution is 0.582. The summed E-state index contributed by atoms with van der Waals surface area (Å²) in [7, 11) is 0. The Balaban J connectivity index is 1.73. The number of hydrogen-bond acceptors (Lipinski definition) is 5. The van der Waals surface area contributed by atoms with E-state index in [2.05, 4.69) is 41.2 Å². The molecule has 2 aromatic heterocycles. The highest BCUT2D eigenvalue weighted by molar-refractivity contribution is 5.66. The van der Waals surface area contributed by atoms with Gasteiger partial charge in [0, 0.05) is 11.1 Å². The van der Waals surface area contributed by atoms with Gasteiger partial charge in [0.2, 0.25) is 5.89 Å². The van der Waals surface area contributed by atoms with Gasteiger partial charge in [-0.3, -0.25) is 4.98 Å². The predicted octanol–water partition coefficient (Wildman–Crippen LogP) is 4.98. The van der Waals surface area contributed by atoms with Crippen molar-refractivity contribution in [3.05, 3.63) is 72.6 Å². The predicted molar refractivity (Wildman–Crippen MR) is 100 cm³/mol. The molecular weight excluding hydrogens is 324 g/mol. The second-order valence-corrected chi connectivity index (χ2v) is 6.31. The van der Waals surface area contributed by atoms with Crippen LogP contribution in [0.15, 0.2) is 71.4 Å². The molecule has 0 unspecified atom stereocenters. The smallest absolute Gasteiger partial charge is 0.268 e. The summed E-state index contributed by atoms with van der Waals surface area (Å²) in [4.78, 5) is 9.03. The molecule has 5 nitrogen and oxygen atoms in total. The van der Waals surface area contributed by atoms with Gasteiger partial charge in [0.25, 0.3) is 5.89 Å². The summed E-state index contributed by atoms with van der Waals surface area (Å²) in [5.74, 6) is 1.22. The molecule has 0 spiro atoms. The molecule has 2 aromatic carbocycles. The van der Waals surface area contributed by atoms with Crippen molar-refractivity contribution in [2.24, 2.45) is 0 Å². The Morgan fingerprint density at radius 2 is 1.46 bits per heavy atom. The van der Waals surface area contributed by atoms with Gasteiger partial charge in [-0.05, 0) is 23.6 Å². The lowest BCUT2D eigenvalue weighted by Crippen LogP contribution is -1.96. The van der Waals surface area contributed by atoms with Gasteiger partial charge in [-0.2, -0.15) is 0 Å². The molecule has 4 aromatic rings. The Bertz CT molecular complexity index is 1020. The van der Waals surface area contributed by atoms with E-state index >= 15 is 0 Å². The highest BCUT2D eigenvalue weighted by Crippen LogP contribution is 2.29. The van der Waals surface area contributed by atoms with Gasteiger partial charge >= 0.3 is 0 Å². The maximum atomic E-state index is 5.80. The van der Waals surface area contributed by atoms with Crippen molar-refractivity contribution < 1.29 is 4.42 Å². The van der Waals surface area contributed by atoms with Crippen LogP contribution >= 0.6 is 0 Å². The zero-order chi connectivity index (χ0) is 17.9. The molecule has 0 bridgehead atoms. The lowest BCUT2D eigenvalue weighted by atomic mass is 9.95. The normalized spacial score (nSPS) is 11.0. The summed E-state index contributed by atoms with van der Waals surface area (Å²) in [6.45, 7) is 4.33. The zero-order valence-corrected chi connectivity index (χ0v) is 14.6. The molecule has 4 rings (SSSR count). The van der Waals surface area contributed by atoms with E-state index in [1.165, 1.54) is 5.56 Å². The summed E-state index contributed by atoms with van der Waals surface area (Å²) in [5.41, 5.74) is 4.54. The molecule has 0 radical (unpaired) electrons. The minimum Gasteiger partial charge on any atom is -0.415 e. The number of hydrogen-bond donors (Lipinski definition) is 0. The Hall–Kier alpha value is -3.34. The van der Waals surface area contributed by atoms with E-state index in [1.807, 2.05) is 42.5 Å². The molecule has 0 saturated heterocycles. The third-order valence-electron chi connectivity index (χ3n) is 4.16. The lowest BCUT2D eigenvalue weighted by Gasteiger charge is -2.11. The molecule has 0 saturated carbocycles. The Morgan fingerprint density at radius 3 is 2.27 bits per heavy atom. The maximum absolute atomic E-state index is 5.80. The minimum absolute atomic E-state index is 0.361. The van der Waals surface area contributed by atoms with Crippen LogP contribution < -0.4 is 0 Å². The van der Waals surface area contributed by atoms with Crippen LogP contribution in [0.25, 0.3) is 34.3 Å². The van der Waals surface area contributed by atoms with Gasteiger partial charge in [-0.15, -0.1) is 10.2 Å². The zero-order valence-electron chi connectivity index (χ0n) is 14.6. The van der Waals surface area contributed by atoms with E-state index in [1.54, 1.807) is 12.4 Å². The standard InChI is InChI=1S/C21H18N4O/c1-14(2)16-10-6-7-11-17(16)18-12-22-13-19(23-18)21-25-24-20(26-21)15-8-4-3-5-9-15/h3-14H,1-2H3. The minimum atomic E-state index is 0.361. The summed E-state index contributed by atoms with van der Waals surface area (Å²) >= 11 is 0. The Labute approximate surface area is 151 Å². The second kappa shape index (κ2) is 6.88. The van der Waals surface area contributed by atoms with Gasteiger partial charge in [0.05, 0.1) is 18.1 Å². The quantitative estimate of drug-likeness (QED) is 0.523. The SMILES string of the molecule is CC(C)c1ccccc1-c1cncc(-c2nnc(-c3ccccc3)o2)n1. The van der Waals surface area contributed by atoms with Crippen LogP contribution in [0.2, 0.25) is 0 Å². The van der Waals surface area contributed by atoms with Gasteiger partial charge in [0.1, 0.15) is 5.69 Å². The Morgan fingerprint density at radius 1 is 0.769 bits per heavy atom. The Kier molecular flexibility index (Phi) is 4.27. The number of benzene rings is 2. The molecule has 0 atom stereocenters. The fraction of sp³-hybridized carbons (Fsp3) is 0.143. The summed E-state index contributed by atoms with van der Waals surface area (Å²) in [6, 6.07) is 17.9. The molecular formula is C21H18N4O. The van der Waals surface area contributed by atoms with Gasteiger partial charge in [0.15, 0.2) is 0 Å². The average molecular weight is 342 g/mol. The summed E-state index contributed by atoms with van der Waals surface area (Å²) < 4.78 is 5.80. The fourth-order valence-corrected chi connectivity index (χ4v) is 2.86. The van der Waals surface area contributed by atoms with Crippen molar-refractivity contribution in [2.75, 3.05) is 0 Å². The van der Waals surface area contributed by atoms with E-state index in [-0.39, 0.29) is 0 Å². The van der Waals surface area contributed by atoms with Crippen LogP contribution in [-0.4, -0.2) is 20.2 Å². The molecule has 0 N–H and O–H groups in total. The van der Waals surface area contributed by atoms with E-state index in [0.29, 0.717) is 23.4 Å². The average Bonchev–Trinajstić information content (AvgIpc) is 3.19. The first-order chi connectivity index (χ1) is 12.7. The molecule has 0 amide bonds. The van der Waals surface area contributed by atoms with E-state index in [0.717, 1.165) is 16.8 Å². The van der Waals surface area contributed by atoms with E-state index in [9.17, 15) is 0 Å². The van der Waals surface area contributed by atoms with E-state index in [4.69, 9.17) is 9.40 Å². The monoisotopic (exact) mass is 342 g/mol. The van der Waals surface area contributed by atoms with Gasteiger partial charge in [-0.1, -0.05) is 56.3 Å². The first-order valence-electron chi connectivity index (χ1n) is 8.53. The molecule has 2 heterocycles. The van der Waals surface area contributed by atoms with E-state index < -0.39 is 0 Å². The molecule has 128 valence electrons. The highest BCUT2D eigenvalue weighted by atomic mass is 16.4. The number of rotatable bonds is 4. The van der Waals surface area contributed by atoms with Crippen LogP contribution in [0, 0.1) is 0 Å². The topological polar surface area (TPSA) is 64.7 Å². The summed E-state index contributed by atoms with van der Waals surface area (Å²) in [6.07, 6.45) is 3.41. The van der Waals surface area contributed by atoms with Crippen LogP contribution in [0.3, 0.4) is 0 Å². The molecule has 5 heteroatoms. The van der Waals surface area contributed by atoms with Crippen LogP contribution in [0.4, 0.5) is 0 Å². The van der Waals surface area contributed by atoms with Crippen LogP contribution in [0.1, 0.15) is 25.3 Å². The molecule has 0 aliphatic carbocycles. The molecule has 0 aliphatic heterocycles. The van der Waals surface area contributed by atoms with Crippen molar-refractivity contribution in [1.82, 2.24) is 20.2 Å². The second-order valence-electron chi connectivity index (χ2n) is 6.31. The van der Waals surface area contributed by atoms with Crippen molar-refractivity contribution in [2.45, 2.75) is 19.8 Å². The van der Waals surface area contributed by atoms with Crippen molar-refractivity contribution >= 4 is 0 Å². The summed E-state index contributed by atoms with van der Waals surface area (Å²) in [5, 5.41) is 8.26. The molecule has 0 aliphatic rings. The molecule has 26 heavy (non-hydrogen) atoms. The third-order valence-corrected chi connectivity index (χ3v) is 4.16. The van der Waals surface area contributed by atoms with Crippen molar-refractivity contribution in [3.8, 4) is 34.3 Å². The van der Waals surface area contributed by atoms with Crippen LogP contribution in [-0.2, 0) is 0 Å². The maximum Gasteiger partial charge on any atom is 0.268 e. The molecule has 0 fully saturated rings. The first kappa shape index (κ1) is 16.1. The number of nitrogens with zero attached hydrogens (tertiary/aromatic N) is 4. The van der Waals surface area contributed by atoms with Crippen molar-refractivity contribution in [3.63, 3.8) is 0 Å². The van der Waals surface area contributed by atoms with Crippen LogP contribution in [0.5, 0.6) is 0 Å². The fourth-order valence-electron chi connectivity index (χ4n) is 2.86. The van der Waals surface area contributed by atoms with Gasteiger partial charge in [-0.25, -0.2) is 4.98 Å².